The third kappa shape index (κ3) is 28.9. The van der Waals surface area contributed by atoms with E-state index in [1.165, 1.54) is 135 Å². The van der Waals surface area contributed by atoms with Crippen molar-refractivity contribution >= 4 is 53.1 Å². The molecule has 6 N–H and O–H groups in total. The number of aliphatic imine (C=N–C) groups is 1. The summed E-state index contributed by atoms with van der Waals surface area (Å²) in [5.41, 5.74) is 0.424. The Labute approximate surface area is 602 Å². The molecule has 0 aromatic heterocycles. The van der Waals surface area contributed by atoms with Crippen LogP contribution in [-0.2, 0) is 54.4 Å². The molecule has 0 saturated heterocycles. The number of nitrogens with two attached hydrogens (primary N) is 1. The molecule has 0 bridgehead atoms. The summed E-state index contributed by atoms with van der Waals surface area (Å²) in [6.45, 7) is 8.99. The molecule has 17 nitrogen and oxygen atoms in total. The van der Waals surface area contributed by atoms with Gasteiger partial charge in [0.2, 0.25) is 0 Å². The molecular weight excluding hydrogens is 1410 g/mol. The Bertz CT molecular complexity index is 3990. The maximum Gasteiger partial charge on any atom is 1.00 e. The van der Waals surface area contributed by atoms with Crippen LogP contribution in [0.3, 0.4) is 0 Å². The number of rotatable bonds is 22. The Morgan fingerprint density at radius 2 is 0.847 bits per heavy atom. The van der Waals surface area contributed by atoms with Gasteiger partial charge in [0.25, 0.3) is 5.79 Å². The summed E-state index contributed by atoms with van der Waals surface area (Å²) in [5.74, 6) is -7.95. The van der Waals surface area contributed by atoms with Crippen LogP contribution >= 0.6 is 0 Å². The number of benzene rings is 6. The molecule has 98 heavy (non-hydrogen) atoms. The number of aliphatic carboxylic acids is 2. The van der Waals surface area contributed by atoms with Crippen molar-refractivity contribution in [3.8, 4) is 33.4 Å². The molecule has 0 aliphatic carbocycles. The maximum atomic E-state index is 13.9. The molecule has 6 aromatic carbocycles. The van der Waals surface area contributed by atoms with Crippen LogP contribution in [-0.4, -0.2) is 143 Å². The van der Waals surface area contributed by atoms with E-state index in [0.29, 0.717) is 33.4 Å². The van der Waals surface area contributed by atoms with Crippen LogP contribution in [0.25, 0.3) is 33.4 Å². The number of carboxylic acid groups (broad SMARTS) is 2. The Balaban J connectivity index is 0.000000463. The SMILES string of the molecule is CC(C)(F)C[C@H](N=C(c1ccc(-c2ccc(S(C)(=O)=O)cc2)cc1)C(F)(F)F)C(=O)[O-].CC(C)(F)C[C@H](N[C@@H](c1ccc(-c2ccc(S(C)(=O)=O)cc2)cc1)C(F)(F)F)C(=O)O.CCOC(=O)[C@@H](N)CC(C)(C)F.CS(=O)(=O)c1ccc(-c2ccc(C(O)(O)C(F)(F)F)cc2)cc1.[K+]. The van der Waals surface area contributed by atoms with Gasteiger partial charge >= 0.3 is 81.9 Å². The summed E-state index contributed by atoms with van der Waals surface area (Å²) in [7, 11) is -10.1. The maximum absolute atomic E-state index is 13.9. The van der Waals surface area contributed by atoms with Crippen LogP contribution in [0.1, 0.15) is 90.5 Å². The third-order valence-electron chi connectivity index (χ3n) is 13.4. The first-order valence-electron chi connectivity index (χ1n) is 28.6. The molecular formula is C65H72F12KN3O14S3. The number of carboxylic acids is 2. The summed E-state index contributed by atoms with van der Waals surface area (Å²) in [4.78, 5) is 37.1. The van der Waals surface area contributed by atoms with Crippen molar-refractivity contribution < 1.29 is 169 Å². The van der Waals surface area contributed by atoms with Gasteiger partial charge in [0.1, 0.15) is 40.8 Å². The molecule has 534 valence electrons. The van der Waals surface area contributed by atoms with Crippen LogP contribution in [0.5, 0.6) is 0 Å². The van der Waals surface area contributed by atoms with Crippen LogP contribution in [0.2, 0.25) is 0 Å². The van der Waals surface area contributed by atoms with Gasteiger partial charge in [0.15, 0.2) is 29.5 Å². The molecule has 0 spiro atoms. The average Bonchev–Trinajstić information content (AvgIpc) is 0.807. The van der Waals surface area contributed by atoms with Gasteiger partial charge in [-0.2, -0.15) is 39.5 Å². The first kappa shape index (κ1) is 88.0. The second-order valence-corrected chi connectivity index (χ2v) is 29.9. The van der Waals surface area contributed by atoms with E-state index in [-0.39, 0.29) is 84.7 Å². The van der Waals surface area contributed by atoms with Crippen molar-refractivity contribution in [1.82, 2.24) is 5.32 Å². The Kier molecular flexibility index (Phi) is 31.4. The fraction of sp³-hybridized carbons (Fsp3) is 0.385. The number of alkyl halides is 12. The van der Waals surface area contributed by atoms with Crippen molar-refractivity contribution in [3.05, 3.63) is 162 Å². The van der Waals surface area contributed by atoms with Crippen molar-refractivity contribution in [2.45, 2.75) is 148 Å². The van der Waals surface area contributed by atoms with Gasteiger partial charge < -0.3 is 35.7 Å². The summed E-state index contributed by atoms with van der Waals surface area (Å²) in [5, 5.41) is 40.8. The quantitative estimate of drug-likeness (QED) is 0.0140. The number of carbonyl (C=O) groups is 3. The van der Waals surface area contributed by atoms with Crippen LogP contribution < -0.4 is 67.5 Å². The zero-order valence-electron chi connectivity index (χ0n) is 54.6. The third-order valence-corrected chi connectivity index (χ3v) is 16.8. The number of esters is 1. The van der Waals surface area contributed by atoms with Gasteiger partial charge in [0.05, 0.1) is 33.3 Å². The smallest absolute Gasteiger partial charge is 0.548 e. The molecule has 0 aliphatic heterocycles. The van der Waals surface area contributed by atoms with E-state index < -0.39 is 143 Å². The first-order valence-corrected chi connectivity index (χ1v) is 34.3. The van der Waals surface area contributed by atoms with Gasteiger partial charge in [-0.25, -0.2) is 38.4 Å². The van der Waals surface area contributed by atoms with Crippen LogP contribution in [0, 0.1) is 0 Å². The van der Waals surface area contributed by atoms with Gasteiger partial charge in [-0.05, 0) is 124 Å². The summed E-state index contributed by atoms with van der Waals surface area (Å²) < 4.78 is 233. The van der Waals surface area contributed by atoms with E-state index >= 15 is 0 Å². The zero-order chi connectivity index (χ0) is 74.5. The van der Waals surface area contributed by atoms with E-state index in [1.54, 1.807) is 6.92 Å². The molecule has 6 rings (SSSR count). The van der Waals surface area contributed by atoms with E-state index in [9.17, 15) is 113 Å². The topological polar surface area (TPSA) is 297 Å². The molecule has 0 unspecified atom stereocenters. The molecule has 6 aromatic rings. The number of nitrogens with one attached hydrogen (secondary N) is 1. The van der Waals surface area contributed by atoms with Crippen LogP contribution in [0.15, 0.2) is 165 Å². The van der Waals surface area contributed by atoms with Crippen molar-refractivity contribution in [2.75, 3.05) is 25.4 Å². The first-order chi connectivity index (χ1) is 43.9. The number of aliphatic hydroxyl groups is 2. The molecule has 0 radical (unpaired) electrons. The van der Waals surface area contributed by atoms with Gasteiger partial charge in [-0.1, -0.05) is 109 Å². The minimum Gasteiger partial charge on any atom is -0.548 e. The average molecular weight is 1480 g/mol. The van der Waals surface area contributed by atoms with E-state index in [2.05, 4.69) is 9.73 Å². The predicted molar refractivity (Wildman–Crippen MR) is 336 cm³/mol. The molecule has 0 amide bonds. The summed E-state index contributed by atoms with van der Waals surface area (Å²) >= 11 is 0. The van der Waals surface area contributed by atoms with Gasteiger partial charge in [-0.3, -0.25) is 19.9 Å². The normalized spacial score (nSPS) is 14.0. The van der Waals surface area contributed by atoms with Crippen molar-refractivity contribution in [3.63, 3.8) is 0 Å². The summed E-state index contributed by atoms with van der Waals surface area (Å²) in [6.07, 6.45) is -13.2. The number of ether oxygens (including phenoxy) is 1. The molecule has 33 heteroatoms. The predicted octanol–water partition coefficient (Wildman–Crippen LogP) is 8.38. The van der Waals surface area contributed by atoms with Gasteiger partial charge in [0, 0.05) is 49.2 Å². The number of hydrogen-bond donors (Lipinski definition) is 5. The van der Waals surface area contributed by atoms with Crippen molar-refractivity contribution in [2.24, 2.45) is 10.7 Å². The second kappa shape index (κ2) is 35.0. The standard InChI is InChI=1S/C21H23F4NO4S.C21H21F4NO4S.C15H13F3O4S.C8H16FNO2.K/c2*1-20(2,22)12-17(19(27)28)26-18(21(23,24)25)15-6-4-13(5-7-15)14-8-10-16(11-9-14)31(3,29)30;1-23(21,22)13-8-4-11(5-9-13)10-2-6-12(7-3-10)14(19,20)15(16,17)18;1-4-12-7(11)6(10)5-8(2,3)9;/h4-11,17-18,26H,12H2,1-3H3,(H,27,28);4-11,17H,12H2,1-3H3,(H,27,28);2-9,19-20H,1H3;6H,4-5,10H2,1-3H3;/q;;;;+1/p-1/t17-,18-;17-;;6-;/m00.0./s1. The van der Waals surface area contributed by atoms with Gasteiger partial charge in [-0.15, -0.1) is 0 Å². The number of carbonyl (C=O) groups excluding carboxylic acids is 2. The Morgan fingerprint density at radius 3 is 1.11 bits per heavy atom. The number of nitrogens with zero attached hydrogens (tertiary/aromatic N) is 1. The van der Waals surface area contributed by atoms with Crippen LogP contribution in [0.4, 0.5) is 52.7 Å². The molecule has 0 fully saturated rings. The van der Waals surface area contributed by atoms with E-state index in [1.807, 2.05) is 5.32 Å². The summed E-state index contributed by atoms with van der Waals surface area (Å²) in [6, 6.07) is 25.2. The molecule has 0 heterocycles. The van der Waals surface area contributed by atoms with Crippen molar-refractivity contribution in [1.29, 1.82) is 0 Å². The Hall–Kier alpha value is -6.11. The van der Waals surface area contributed by atoms with E-state index in [0.717, 1.165) is 70.7 Å². The van der Waals surface area contributed by atoms with E-state index in [4.69, 9.17) is 5.73 Å². The number of hydrogen-bond acceptors (Lipinski definition) is 16. The number of halogens is 12. The fourth-order valence-electron chi connectivity index (χ4n) is 8.68. The second-order valence-electron chi connectivity index (χ2n) is 23.8. The fourth-order valence-corrected chi connectivity index (χ4v) is 10.6. The minimum atomic E-state index is -5.22. The Morgan fingerprint density at radius 1 is 0.531 bits per heavy atom. The molecule has 0 aliphatic rings. The molecule has 4 atom stereocenters. The number of sulfone groups is 3. The largest absolute Gasteiger partial charge is 1.00 e. The zero-order valence-corrected chi connectivity index (χ0v) is 60.2. The monoisotopic (exact) mass is 1480 g/mol. The molecule has 0 saturated carbocycles. The minimum absolute atomic E-state index is 0.